The highest BCUT2D eigenvalue weighted by molar-refractivity contribution is 5.92. The Bertz CT molecular complexity index is 429. The van der Waals surface area contributed by atoms with Crippen LogP contribution in [0.2, 0.25) is 0 Å². The van der Waals surface area contributed by atoms with Crippen LogP contribution in [0.4, 0.5) is 0 Å². The van der Waals surface area contributed by atoms with Crippen LogP contribution in [0, 0.1) is 5.92 Å². The van der Waals surface area contributed by atoms with Gasteiger partial charge in [-0.05, 0) is 25.3 Å². The minimum Gasteiger partial charge on any atom is -0.340 e. The SMILES string of the molecule is CCCNC1CCN(C(=O)c2cn(C)cn2)CC1C. The summed E-state index contributed by atoms with van der Waals surface area (Å²) in [7, 11) is 1.88. The molecule has 1 aliphatic rings. The van der Waals surface area contributed by atoms with E-state index in [1.807, 2.05) is 16.5 Å². The molecule has 1 aromatic rings. The van der Waals surface area contributed by atoms with E-state index in [9.17, 15) is 4.79 Å². The summed E-state index contributed by atoms with van der Waals surface area (Å²) in [5.74, 6) is 0.550. The number of hydrogen-bond donors (Lipinski definition) is 1. The highest BCUT2D eigenvalue weighted by Gasteiger charge is 2.29. The molecule has 2 unspecified atom stereocenters. The maximum atomic E-state index is 12.3. The molecule has 5 heteroatoms. The molecule has 0 spiro atoms. The van der Waals surface area contributed by atoms with E-state index < -0.39 is 0 Å². The Hall–Kier alpha value is -1.36. The van der Waals surface area contributed by atoms with E-state index in [1.165, 1.54) is 0 Å². The Morgan fingerprint density at radius 1 is 1.58 bits per heavy atom. The smallest absolute Gasteiger partial charge is 0.274 e. The molecule has 1 amide bonds. The molecule has 0 aromatic carbocycles. The largest absolute Gasteiger partial charge is 0.340 e. The number of amides is 1. The Morgan fingerprint density at radius 3 is 2.95 bits per heavy atom. The molecule has 1 aliphatic heterocycles. The second-order valence-electron chi connectivity index (χ2n) is 5.50. The average Bonchev–Trinajstić information content (AvgIpc) is 2.83. The molecule has 1 fully saturated rings. The molecule has 5 nitrogen and oxygen atoms in total. The van der Waals surface area contributed by atoms with Gasteiger partial charge in [0.2, 0.25) is 0 Å². The van der Waals surface area contributed by atoms with Crippen molar-refractivity contribution < 1.29 is 4.79 Å². The van der Waals surface area contributed by atoms with Gasteiger partial charge in [0, 0.05) is 32.4 Å². The van der Waals surface area contributed by atoms with Crippen LogP contribution in [0.5, 0.6) is 0 Å². The van der Waals surface area contributed by atoms with Gasteiger partial charge in [-0.2, -0.15) is 0 Å². The molecule has 19 heavy (non-hydrogen) atoms. The van der Waals surface area contributed by atoms with Crippen molar-refractivity contribution in [3.05, 3.63) is 18.2 Å². The monoisotopic (exact) mass is 264 g/mol. The van der Waals surface area contributed by atoms with Crippen molar-refractivity contribution in [2.75, 3.05) is 19.6 Å². The number of nitrogens with one attached hydrogen (secondary N) is 1. The molecule has 0 radical (unpaired) electrons. The lowest BCUT2D eigenvalue weighted by Crippen LogP contribution is -2.50. The van der Waals surface area contributed by atoms with E-state index in [1.54, 1.807) is 12.5 Å². The lowest BCUT2D eigenvalue weighted by molar-refractivity contribution is 0.0640. The molecule has 2 atom stereocenters. The molecule has 2 heterocycles. The number of nitrogens with zero attached hydrogens (tertiary/aromatic N) is 3. The number of hydrogen-bond acceptors (Lipinski definition) is 3. The number of aryl methyl sites for hydroxylation is 1. The average molecular weight is 264 g/mol. The van der Waals surface area contributed by atoms with Gasteiger partial charge in [0.05, 0.1) is 6.33 Å². The van der Waals surface area contributed by atoms with E-state index >= 15 is 0 Å². The summed E-state index contributed by atoms with van der Waals surface area (Å²) in [6, 6.07) is 0.535. The van der Waals surface area contributed by atoms with Gasteiger partial charge >= 0.3 is 0 Å². The van der Waals surface area contributed by atoms with Crippen molar-refractivity contribution in [2.45, 2.75) is 32.7 Å². The van der Waals surface area contributed by atoms with Gasteiger partial charge in [-0.15, -0.1) is 0 Å². The van der Waals surface area contributed by atoms with Crippen LogP contribution in [-0.4, -0.2) is 46.0 Å². The van der Waals surface area contributed by atoms with Crippen molar-refractivity contribution >= 4 is 5.91 Å². The van der Waals surface area contributed by atoms with Gasteiger partial charge in [0.15, 0.2) is 0 Å². The number of carbonyl (C=O) groups is 1. The van der Waals surface area contributed by atoms with E-state index in [4.69, 9.17) is 0 Å². The van der Waals surface area contributed by atoms with Crippen LogP contribution in [0.1, 0.15) is 37.2 Å². The summed E-state index contributed by atoms with van der Waals surface area (Å²) in [4.78, 5) is 18.4. The third kappa shape index (κ3) is 3.35. The number of imidazole rings is 1. The quantitative estimate of drug-likeness (QED) is 0.891. The standard InChI is InChI=1S/C14H24N4O/c1-4-6-15-12-5-7-18(8-11(12)2)14(19)13-9-17(3)10-16-13/h9-12,15H,4-8H2,1-3H3. The lowest BCUT2D eigenvalue weighted by Gasteiger charge is -2.37. The lowest BCUT2D eigenvalue weighted by atomic mass is 9.93. The molecule has 0 saturated carbocycles. The van der Waals surface area contributed by atoms with Gasteiger partial charge in [-0.1, -0.05) is 13.8 Å². The summed E-state index contributed by atoms with van der Waals surface area (Å²) >= 11 is 0. The molecule has 1 aromatic heterocycles. The highest BCUT2D eigenvalue weighted by Crippen LogP contribution is 2.18. The van der Waals surface area contributed by atoms with E-state index in [0.29, 0.717) is 17.7 Å². The van der Waals surface area contributed by atoms with Gasteiger partial charge < -0.3 is 14.8 Å². The van der Waals surface area contributed by atoms with Crippen molar-refractivity contribution in [3.63, 3.8) is 0 Å². The highest BCUT2D eigenvalue weighted by atomic mass is 16.2. The maximum Gasteiger partial charge on any atom is 0.274 e. The number of aromatic nitrogens is 2. The molecule has 2 rings (SSSR count). The van der Waals surface area contributed by atoms with Crippen molar-refractivity contribution in [2.24, 2.45) is 13.0 Å². The predicted molar refractivity (Wildman–Crippen MR) is 75.0 cm³/mol. The Kier molecular flexibility index (Phi) is 4.58. The minimum absolute atomic E-state index is 0.0568. The first-order chi connectivity index (χ1) is 9.11. The minimum atomic E-state index is 0.0568. The Balaban J connectivity index is 1.92. The van der Waals surface area contributed by atoms with Gasteiger partial charge in [0.1, 0.15) is 5.69 Å². The predicted octanol–water partition coefficient (Wildman–Crippen LogP) is 1.27. The number of likely N-dealkylation sites (tertiary alicyclic amines) is 1. The summed E-state index contributed by atoms with van der Waals surface area (Å²) < 4.78 is 1.81. The number of carbonyl (C=O) groups excluding carboxylic acids is 1. The fourth-order valence-corrected chi connectivity index (χ4v) is 2.65. The van der Waals surface area contributed by atoms with Gasteiger partial charge in [0.25, 0.3) is 5.91 Å². The fraction of sp³-hybridized carbons (Fsp3) is 0.714. The molecular weight excluding hydrogens is 240 g/mol. The summed E-state index contributed by atoms with van der Waals surface area (Å²) in [6.45, 7) is 7.09. The second-order valence-corrected chi connectivity index (χ2v) is 5.50. The van der Waals surface area contributed by atoms with Crippen LogP contribution in [0.25, 0.3) is 0 Å². The Morgan fingerprint density at radius 2 is 2.37 bits per heavy atom. The Labute approximate surface area is 115 Å². The topological polar surface area (TPSA) is 50.2 Å². The third-order valence-corrected chi connectivity index (χ3v) is 3.77. The number of piperidine rings is 1. The zero-order valence-corrected chi connectivity index (χ0v) is 12.1. The van der Waals surface area contributed by atoms with E-state index in [0.717, 1.165) is 32.5 Å². The van der Waals surface area contributed by atoms with Crippen LogP contribution in [0.3, 0.4) is 0 Å². The molecule has 106 valence electrons. The van der Waals surface area contributed by atoms with Crippen molar-refractivity contribution in [3.8, 4) is 0 Å². The van der Waals surface area contributed by atoms with Crippen LogP contribution >= 0.6 is 0 Å². The molecule has 0 aliphatic carbocycles. The zero-order chi connectivity index (χ0) is 13.8. The molecule has 1 N–H and O–H groups in total. The summed E-state index contributed by atoms with van der Waals surface area (Å²) in [5.41, 5.74) is 0.551. The molecular formula is C14H24N4O. The number of rotatable bonds is 4. The maximum absolute atomic E-state index is 12.3. The van der Waals surface area contributed by atoms with Crippen LogP contribution in [-0.2, 0) is 7.05 Å². The normalized spacial score (nSPS) is 23.6. The van der Waals surface area contributed by atoms with E-state index in [2.05, 4.69) is 24.1 Å². The fourth-order valence-electron chi connectivity index (χ4n) is 2.65. The third-order valence-electron chi connectivity index (χ3n) is 3.77. The molecule has 0 bridgehead atoms. The van der Waals surface area contributed by atoms with E-state index in [-0.39, 0.29) is 5.91 Å². The summed E-state index contributed by atoms with van der Waals surface area (Å²) in [5, 5.41) is 3.57. The summed E-state index contributed by atoms with van der Waals surface area (Å²) in [6.07, 6.45) is 5.64. The van der Waals surface area contributed by atoms with Crippen LogP contribution in [0.15, 0.2) is 12.5 Å². The van der Waals surface area contributed by atoms with Gasteiger partial charge in [-0.3, -0.25) is 4.79 Å². The first kappa shape index (κ1) is 14.1. The molecule has 1 saturated heterocycles. The first-order valence-corrected chi connectivity index (χ1v) is 7.12. The van der Waals surface area contributed by atoms with Gasteiger partial charge in [-0.25, -0.2) is 4.98 Å². The van der Waals surface area contributed by atoms with Crippen molar-refractivity contribution in [1.82, 2.24) is 19.8 Å². The zero-order valence-electron chi connectivity index (χ0n) is 12.1. The second kappa shape index (κ2) is 6.19. The van der Waals surface area contributed by atoms with Crippen molar-refractivity contribution in [1.29, 1.82) is 0 Å². The van der Waals surface area contributed by atoms with Crippen LogP contribution < -0.4 is 5.32 Å². The first-order valence-electron chi connectivity index (χ1n) is 7.12.